The molecule has 3 aromatic rings. The summed E-state index contributed by atoms with van der Waals surface area (Å²) in [7, 11) is 0. The molecule has 0 heterocycles. The number of hydrogen-bond donors (Lipinski definition) is 1. The average molecular weight is 402 g/mol. The van der Waals surface area contributed by atoms with Crippen molar-refractivity contribution in [3.63, 3.8) is 0 Å². The van der Waals surface area contributed by atoms with E-state index in [1.807, 2.05) is 62.4 Å². The number of hydrogen-bond acceptors (Lipinski definition) is 3. The fourth-order valence-corrected chi connectivity index (χ4v) is 3.42. The maximum absolute atomic E-state index is 13.0. The lowest BCUT2D eigenvalue weighted by Gasteiger charge is -2.21. The van der Waals surface area contributed by atoms with Gasteiger partial charge in [0.15, 0.2) is 5.78 Å². The number of benzene rings is 3. The van der Waals surface area contributed by atoms with Gasteiger partial charge in [-0.05, 0) is 55.2 Å². The number of ketones is 1. The summed E-state index contributed by atoms with van der Waals surface area (Å²) in [6.45, 7) is 9.01. The first-order valence-electron chi connectivity index (χ1n) is 10.7. The Morgan fingerprint density at radius 3 is 2.03 bits per heavy atom. The Bertz CT molecular complexity index is 942. The molecule has 0 aromatic heterocycles. The molecular weight excluding hydrogens is 370 g/mol. The Balaban J connectivity index is 1.83. The van der Waals surface area contributed by atoms with Gasteiger partial charge < -0.3 is 10.1 Å². The molecule has 3 nitrogen and oxygen atoms in total. The summed E-state index contributed by atoms with van der Waals surface area (Å²) in [5.74, 6) is 1.45. The second-order valence-corrected chi connectivity index (χ2v) is 7.97. The maximum Gasteiger partial charge on any atom is 0.165 e. The van der Waals surface area contributed by atoms with E-state index in [9.17, 15) is 4.79 Å². The molecule has 0 saturated carbocycles. The predicted octanol–water partition coefficient (Wildman–Crippen LogP) is 6.94. The van der Waals surface area contributed by atoms with Gasteiger partial charge in [-0.3, -0.25) is 4.79 Å². The van der Waals surface area contributed by atoms with Crippen LogP contribution in [0.5, 0.6) is 5.75 Å². The first-order chi connectivity index (χ1) is 14.5. The summed E-state index contributed by atoms with van der Waals surface area (Å²) in [6, 6.07) is 24.1. The Morgan fingerprint density at radius 2 is 1.47 bits per heavy atom. The Hall–Kier alpha value is -3.07. The van der Waals surface area contributed by atoms with E-state index >= 15 is 0 Å². The number of nitrogens with one attached hydrogen (secondary N) is 1. The highest BCUT2D eigenvalue weighted by molar-refractivity contribution is 5.96. The molecule has 0 spiro atoms. The zero-order valence-electron chi connectivity index (χ0n) is 18.3. The van der Waals surface area contributed by atoms with Gasteiger partial charge in [-0.2, -0.15) is 0 Å². The van der Waals surface area contributed by atoms with Crippen molar-refractivity contribution >= 4 is 11.5 Å². The topological polar surface area (TPSA) is 38.3 Å². The molecule has 30 heavy (non-hydrogen) atoms. The van der Waals surface area contributed by atoms with Gasteiger partial charge in [0.25, 0.3) is 0 Å². The van der Waals surface area contributed by atoms with Crippen LogP contribution >= 0.6 is 0 Å². The molecule has 0 aliphatic carbocycles. The highest BCUT2D eigenvalue weighted by Crippen LogP contribution is 2.27. The van der Waals surface area contributed by atoms with Gasteiger partial charge in [0.2, 0.25) is 0 Å². The lowest BCUT2D eigenvalue weighted by molar-refractivity contribution is 0.0976. The summed E-state index contributed by atoms with van der Waals surface area (Å²) in [6.07, 6.45) is 0.386. The molecule has 0 saturated heterocycles. The van der Waals surface area contributed by atoms with Gasteiger partial charge in [0.05, 0.1) is 12.6 Å². The Labute approximate surface area is 180 Å². The zero-order chi connectivity index (χ0) is 21.5. The van der Waals surface area contributed by atoms with E-state index in [0.29, 0.717) is 18.9 Å². The fraction of sp³-hybridized carbons (Fsp3) is 0.296. The SMILES string of the molecule is CCOc1ccc(NC(CC(=O)c2ccc(C)cc2)c2ccc(C(C)C)cc2)cc1. The molecule has 0 aliphatic rings. The van der Waals surface area contributed by atoms with E-state index in [2.05, 4.69) is 43.4 Å². The minimum absolute atomic E-state index is 0.113. The highest BCUT2D eigenvalue weighted by Gasteiger charge is 2.18. The number of aryl methyl sites for hydroxylation is 1. The van der Waals surface area contributed by atoms with Crippen LogP contribution in [0.1, 0.15) is 66.2 Å². The molecule has 0 amide bonds. The van der Waals surface area contributed by atoms with Crippen LogP contribution in [-0.4, -0.2) is 12.4 Å². The first kappa shape index (κ1) is 21.6. The molecular formula is C27H31NO2. The number of carbonyl (C=O) groups is 1. The van der Waals surface area contributed by atoms with Crippen molar-refractivity contribution in [3.05, 3.63) is 95.1 Å². The summed E-state index contributed by atoms with van der Waals surface area (Å²) in [4.78, 5) is 13.0. The quantitative estimate of drug-likeness (QED) is 0.395. The third kappa shape index (κ3) is 5.73. The maximum atomic E-state index is 13.0. The van der Waals surface area contributed by atoms with E-state index < -0.39 is 0 Å². The lowest BCUT2D eigenvalue weighted by atomic mass is 9.94. The predicted molar refractivity (Wildman–Crippen MR) is 125 cm³/mol. The number of carbonyl (C=O) groups excluding carboxylic acids is 1. The molecule has 3 aromatic carbocycles. The zero-order valence-corrected chi connectivity index (χ0v) is 18.3. The van der Waals surface area contributed by atoms with Crippen LogP contribution in [0, 0.1) is 6.92 Å². The van der Waals surface area contributed by atoms with Crippen molar-refractivity contribution in [1.29, 1.82) is 0 Å². The van der Waals surface area contributed by atoms with Crippen molar-refractivity contribution in [3.8, 4) is 5.75 Å². The third-order valence-electron chi connectivity index (χ3n) is 5.27. The minimum atomic E-state index is -0.113. The van der Waals surface area contributed by atoms with Gasteiger partial charge in [0.1, 0.15) is 5.75 Å². The van der Waals surface area contributed by atoms with Crippen LogP contribution in [0.2, 0.25) is 0 Å². The monoisotopic (exact) mass is 401 g/mol. The van der Waals surface area contributed by atoms with E-state index in [1.165, 1.54) is 5.56 Å². The molecule has 3 rings (SSSR count). The minimum Gasteiger partial charge on any atom is -0.494 e. The van der Waals surface area contributed by atoms with Crippen LogP contribution < -0.4 is 10.1 Å². The van der Waals surface area contributed by atoms with Crippen LogP contribution in [0.15, 0.2) is 72.8 Å². The summed E-state index contributed by atoms with van der Waals surface area (Å²) in [5, 5.41) is 3.55. The molecule has 0 bridgehead atoms. The molecule has 0 fully saturated rings. The highest BCUT2D eigenvalue weighted by atomic mass is 16.5. The van der Waals surface area contributed by atoms with Crippen molar-refractivity contribution in [2.45, 2.75) is 46.1 Å². The third-order valence-corrected chi connectivity index (χ3v) is 5.27. The van der Waals surface area contributed by atoms with E-state index in [0.717, 1.165) is 28.1 Å². The summed E-state index contributed by atoms with van der Waals surface area (Å²) >= 11 is 0. The molecule has 0 aliphatic heterocycles. The van der Waals surface area contributed by atoms with E-state index in [-0.39, 0.29) is 11.8 Å². The second-order valence-electron chi connectivity index (χ2n) is 7.97. The molecule has 0 radical (unpaired) electrons. The molecule has 1 atom stereocenters. The largest absolute Gasteiger partial charge is 0.494 e. The van der Waals surface area contributed by atoms with E-state index in [1.54, 1.807) is 0 Å². The van der Waals surface area contributed by atoms with Crippen molar-refractivity contribution in [2.75, 3.05) is 11.9 Å². The number of ether oxygens (including phenoxy) is 1. The summed E-state index contributed by atoms with van der Waals surface area (Å²) < 4.78 is 5.54. The van der Waals surface area contributed by atoms with Crippen LogP contribution in [0.25, 0.3) is 0 Å². The second kappa shape index (κ2) is 10.1. The normalized spacial score (nSPS) is 11.9. The van der Waals surface area contributed by atoms with Crippen LogP contribution in [0.3, 0.4) is 0 Å². The van der Waals surface area contributed by atoms with Crippen molar-refractivity contribution < 1.29 is 9.53 Å². The number of Topliss-reactive ketones (excluding diaryl/α,β-unsaturated/α-hetero) is 1. The summed E-state index contributed by atoms with van der Waals surface area (Å²) in [5.41, 5.74) is 5.27. The average Bonchev–Trinajstić information content (AvgIpc) is 2.75. The molecule has 3 heteroatoms. The van der Waals surface area contributed by atoms with Gasteiger partial charge >= 0.3 is 0 Å². The van der Waals surface area contributed by atoms with Gasteiger partial charge in [-0.25, -0.2) is 0 Å². The van der Waals surface area contributed by atoms with E-state index in [4.69, 9.17) is 4.74 Å². The van der Waals surface area contributed by atoms with Gasteiger partial charge in [-0.1, -0.05) is 67.9 Å². The molecule has 1 N–H and O–H groups in total. The standard InChI is InChI=1S/C27H31NO2/c1-5-30-25-16-14-24(15-17-25)28-26(22-12-10-21(11-13-22)19(2)3)18-27(29)23-8-6-20(4)7-9-23/h6-17,19,26,28H,5,18H2,1-4H3. The van der Waals surface area contributed by atoms with Gasteiger partial charge in [-0.15, -0.1) is 0 Å². The fourth-order valence-electron chi connectivity index (χ4n) is 3.42. The van der Waals surface area contributed by atoms with Crippen molar-refractivity contribution in [2.24, 2.45) is 0 Å². The Kier molecular flexibility index (Phi) is 7.29. The van der Waals surface area contributed by atoms with Crippen molar-refractivity contribution in [1.82, 2.24) is 0 Å². The van der Waals surface area contributed by atoms with Gasteiger partial charge in [0, 0.05) is 17.7 Å². The number of rotatable bonds is 9. The van der Waals surface area contributed by atoms with Crippen LogP contribution in [-0.2, 0) is 0 Å². The Morgan fingerprint density at radius 1 is 0.867 bits per heavy atom. The first-order valence-corrected chi connectivity index (χ1v) is 10.7. The molecule has 1 unspecified atom stereocenters. The number of anilines is 1. The smallest absolute Gasteiger partial charge is 0.165 e. The lowest BCUT2D eigenvalue weighted by Crippen LogP contribution is -2.16. The molecule has 156 valence electrons. The van der Waals surface area contributed by atoms with Crippen LogP contribution in [0.4, 0.5) is 5.69 Å².